The number of aliphatic hydroxyl groups excluding tert-OH is 1. The molecule has 1 aliphatic heterocycles. The first-order valence-electron chi connectivity index (χ1n) is 11.0. The number of amides is 1. The van der Waals surface area contributed by atoms with Crippen molar-refractivity contribution < 1.29 is 28.6 Å². The number of carbonyl (C=O) groups is 2. The summed E-state index contributed by atoms with van der Waals surface area (Å²) in [4.78, 5) is 27.8. The van der Waals surface area contributed by atoms with Crippen molar-refractivity contribution >= 4 is 17.4 Å². The summed E-state index contributed by atoms with van der Waals surface area (Å²) in [5.74, 6) is -0.0926. The molecular weight excluding hydrogens is 434 g/mol. The predicted octanol–water partition coefficient (Wildman–Crippen LogP) is 4.93. The van der Waals surface area contributed by atoms with Gasteiger partial charge < -0.3 is 23.9 Å². The van der Waals surface area contributed by atoms with E-state index in [1.165, 1.54) is 18.3 Å². The highest BCUT2D eigenvalue weighted by Gasteiger charge is 2.46. The van der Waals surface area contributed by atoms with Gasteiger partial charge >= 0.3 is 0 Å². The molecule has 0 spiro atoms. The third-order valence-corrected chi connectivity index (χ3v) is 5.83. The number of ether oxygens (including phenoxy) is 2. The number of ketones is 1. The van der Waals surface area contributed by atoms with E-state index in [0.717, 1.165) is 11.1 Å². The van der Waals surface area contributed by atoms with Crippen LogP contribution in [0.15, 0.2) is 64.8 Å². The van der Waals surface area contributed by atoms with Gasteiger partial charge in [-0.2, -0.15) is 0 Å². The van der Waals surface area contributed by atoms with Gasteiger partial charge in [0.2, 0.25) is 0 Å². The lowest BCUT2D eigenvalue weighted by Gasteiger charge is -2.25. The number of hydrogen-bond donors (Lipinski definition) is 1. The van der Waals surface area contributed by atoms with Crippen LogP contribution in [0.1, 0.15) is 41.0 Å². The summed E-state index contributed by atoms with van der Waals surface area (Å²) in [6, 6.07) is 13.5. The minimum atomic E-state index is -0.814. The van der Waals surface area contributed by atoms with Crippen LogP contribution in [-0.2, 0) is 16.1 Å². The second kappa shape index (κ2) is 9.47. The summed E-state index contributed by atoms with van der Waals surface area (Å²) < 4.78 is 16.5. The fraction of sp³-hybridized carbons (Fsp3) is 0.259. The van der Waals surface area contributed by atoms with Crippen LogP contribution in [0.5, 0.6) is 11.5 Å². The number of nitrogens with zero attached hydrogens (tertiary/aromatic N) is 1. The number of benzene rings is 2. The van der Waals surface area contributed by atoms with Crippen LogP contribution < -0.4 is 9.47 Å². The van der Waals surface area contributed by atoms with E-state index in [2.05, 4.69) is 0 Å². The molecule has 176 valence electrons. The van der Waals surface area contributed by atoms with E-state index in [1.807, 2.05) is 26.8 Å². The summed E-state index contributed by atoms with van der Waals surface area (Å²) in [6.07, 6.45) is 1.51. The largest absolute Gasteiger partial charge is 0.507 e. The molecule has 1 saturated heterocycles. The summed E-state index contributed by atoms with van der Waals surface area (Å²) in [5, 5.41) is 11.4. The highest BCUT2D eigenvalue weighted by Crippen LogP contribution is 2.42. The van der Waals surface area contributed by atoms with E-state index in [-0.39, 0.29) is 17.9 Å². The molecule has 0 radical (unpaired) electrons. The van der Waals surface area contributed by atoms with E-state index in [1.54, 1.807) is 42.5 Å². The van der Waals surface area contributed by atoms with Gasteiger partial charge in [0, 0.05) is 0 Å². The Kier molecular flexibility index (Phi) is 6.45. The topological polar surface area (TPSA) is 89.2 Å². The number of furan rings is 1. The van der Waals surface area contributed by atoms with Crippen molar-refractivity contribution in [2.75, 3.05) is 13.7 Å². The highest BCUT2D eigenvalue weighted by molar-refractivity contribution is 6.46. The lowest BCUT2D eigenvalue weighted by Crippen LogP contribution is -2.29. The van der Waals surface area contributed by atoms with Crippen molar-refractivity contribution in [1.82, 2.24) is 4.90 Å². The van der Waals surface area contributed by atoms with Crippen molar-refractivity contribution in [3.05, 3.63) is 88.4 Å². The number of likely N-dealkylation sites (tertiary alicyclic amines) is 1. The number of aliphatic hydroxyl groups is 1. The average Bonchev–Trinajstić information content (AvgIpc) is 3.41. The van der Waals surface area contributed by atoms with Gasteiger partial charge in [-0.15, -0.1) is 0 Å². The van der Waals surface area contributed by atoms with E-state index in [9.17, 15) is 14.7 Å². The first kappa shape index (κ1) is 23.2. The third-order valence-electron chi connectivity index (χ3n) is 5.83. The summed E-state index contributed by atoms with van der Waals surface area (Å²) in [7, 11) is 1.51. The molecule has 7 heteroatoms. The van der Waals surface area contributed by atoms with Gasteiger partial charge in [-0.05, 0) is 67.8 Å². The van der Waals surface area contributed by atoms with Crippen molar-refractivity contribution in [3.63, 3.8) is 0 Å². The maximum absolute atomic E-state index is 13.3. The molecule has 1 atom stereocenters. The van der Waals surface area contributed by atoms with Crippen LogP contribution in [0, 0.1) is 13.8 Å². The maximum atomic E-state index is 13.3. The molecule has 1 N–H and O–H groups in total. The number of carbonyl (C=O) groups excluding carboxylic acids is 2. The summed E-state index contributed by atoms with van der Waals surface area (Å²) >= 11 is 0. The monoisotopic (exact) mass is 461 g/mol. The predicted molar refractivity (Wildman–Crippen MR) is 127 cm³/mol. The Labute approximate surface area is 198 Å². The molecule has 7 nitrogen and oxygen atoms in total. The van der Waals surface area contributed by atoms with Crippen LogP contribution in [0.2, 0.25) is 0 Å². The summed E-state index contributed by atoms with van der Waals surface area (Å²) in [5.41, 5.74) is 2.74. The fourth-order valence-electron chi connectivity index (χ4n) is 4.42. The summed E-state index contributed by atoms with van der Waals surface area (Å²) in [6.45, 7) is 6.24. The molecule has 1 amide bonds. The fourth-order valence-corrected chi connectivity index (χ4v) is 4.42. The Morgan fingerprint density at radius 3 is 2.47 bits per heavy atom. The van der Waals surface area contributed by atoms with Gasteiger partial charge in [0.1, 0.15) is 23.0 Å². The SMILES string of the molecule is CCOc1ccc(C2/C(=C(\O)c3cc(C)cc(C)c3OC)C(=O)C(=O)N2Cc2ccco2)cc1. The zero-order valence-corrected chi connectivity index (χ0v) is 19.6. The molecule has 2 heterocycles. The van der Waals surface area contributed by atoms with E-state index in [4.69, 9.17) is 13.9 Å². The first-order valence-corrected chi connectivity index (χ1v) is 11.0. The Morgan fingerprint density at radius 1 is 1.12 bits per heavy atom. The Bertz CT molecular complexity index is 1240. The molecule has 1 aliphatic rings. The lowest BCUT2D eigenvalue weighted by atomic mass is 9.93. The van der Waals surface area contributed by atoms with Crippen LogP contribution >= 0.6 is 0 Å². The van der Waals surface area contributed by atoms with Crippen molar-refractivity contribution in [2.45, 2.75) is 33.4 Å². The average molecular weight is 462 g/mol. The molecule has 0 bridgehead atoms. The molecule has 2 aromatic carbocycles. The van der Waals surface area contributed by atoms with Crippen LogP contribution in [0.4, 0.5) is 0 Å². The Hall–Kier alpha value is -4.00. The normalized spacial score (nSPS) is 17.3. The van der Waals surface area contributed by atoms with Crippen LogP contribution in [0.25, 0.3) is 5.76 Å². The number of hydrogen-bond acceptors (Lipinski definition) is 6. The lowest BCUT2D eigenvalue weighted by molar-refractivity contribution is -0.140. The molecule has 1 aromatic heterocycles. The van der Waals surface area contributed by atoms with E-state index >= 15 is 0 Å². The molecule has 3 aromatic rings. The molecule has 4 rings (SSSR count). The molecule has 0 saturated carbocycles. The van der Waals surface area contributed by atoms with E-state index < -0.39 is 17.7 Å². The molecule has 34 heavy (non-hydrogen) atoms. The minimum Gasteiger partial charge on any atom is -0.507 e. The Morgan fingerprint density at radius 2 is 1.85 bits per heavy atom. The first-order chi connectivity index (χ1) is 16.3. The van der Waals surface area contributed by atoms with Crippen LogP contribution in [-0.4, -0.2) is 35.4 Å². The van der Waals surface area contributed by atoms with Crippen molar-refractivity contribution in [3.8, 4) is 11.5 Å². The molecular formula is C27H27NO6. The number of aryl methyl sites for hydroxylation is 2. The van der Waals surface area contributed by atoms with Crippen LogP contribution in [0.3, 0.4) is 0 Å². The number of rotatable bonds is 7. The zero-order valence-electron chi connectivity index (χ0n) is 19.6. The third kappa shape index (κ3) is 4.17. The van der Waals surface area contributed by atoms with Gasteiger partial charge in [-0.25, -0.2) is 0 Å². The second-order valence-corrected chi connectivity index (χ2v) is 8.17. The zero-order chi connectivity index (χ0) is 24.4. The minimum absolute atomic E-state index is 0.00372. The molecule has 0 aliphatic carbocycles. The van der Waals surface area contributed by atoms with Gasteiger partial charge in [0.25, 0.3) is 11.7 Å². The van der Waals surface area contributed by atoms with E-state index in [0.29, 0.717) is 35.0 Å². The van der Waals surface area contributed by atoms with Crippen molar-refractivity contribution in [2.24, 2.45) is 0 Å². The standard InChI is InChI=1S/C27H27NO6/c1-5-33-19-10-8-18(9-11-19)23-22(24(29)21-14-16(2)13-17(3)26(21)32-4)25(30)27(31)28(23)15-20-7-6-12-34-20/h6-14,23,29H,5,15H2,1-4H3/b24-22+. The van der Waals surface area contributed by atoms with Gasteiger partial charge in [-0.1, -0.05) is 18.2 Å². The quantitative estimate of drug-likeness (QED) is 0.305. The highest BCUT2D eigenvalue weighted by atomic mass is 16.5. The number of methoxy groups -OCH3 is 1. The molecule has 1 fully saturated rings. The molecule has 1 unspecified atom stereocenters. The second-order valence-electron chi connectivity index (χ2n) is 8.17. The van der Waals surface area contributed by atoms with Crippen molar-refractivity contribution in [1.29, 1.82) is 0 Å². The Balaban J connectivity index is 1.90. The maximum Gasteiger partial charge on any atom is 0.296 e. The van der Waals surface area contributed by atoms with Gasteiger partial charge in [0.05, 0.1) is 43.7 Å². The smallest absolute Gasteiger partial charge is 0.296 e. The number of Topliss-reactive ketones (excluding diaryl/α,β-unsaturated/α-hetero) is 1. The van der Waals surface area contributed by atoms with Gasteiger partial charge in [0.15, 0.2) is 0 Å². The van der Waals surface area contributed by atoms with Gasteiger partial charge in [-0.3, -0.25) is 9.59 Å².